The number of imidazole rings is 1. The van der Waals surface area contributed by atoms with Crippen LogP contribution >= 0.6 is 0 Å². The molecule has 0 atom stereocenters. The molecule has 18 heavy (non-hydrogen) atoms. The van der Waals surface area contributed by atoms with Gasteiger partial charge in [0.2, 0.25) is 0 Å². The molecule has 1 aromatic carbocycles. The van der Waals surface area contributed by atoms with E-state index in [4.69, 9.17) is 5.73 Å². The highest BCUT2D eigenvalue weighted by molar-refractivity contribution is 5.77. The molecule has 0 amide bonds. The Bertz CT molecular complexity index is 728. The first kappa shape index (κ1) is 10.8. The van der Waals surface area contributed by atoms with Gasteiger partial charge in [-0.15, -0.1) is 0 Å². The number of benzene rings is 1. The molecule has 2 heterocycles. The van der Waals surface area contributed by atoms with E-state index in [2.05, 4.69) is 16.0 Å². The van der Waals surface area contributed by atoms with E-state index >= 15 is 0 Å². The second-order valence-electron chi connectivity index (χ2n) is 4.41. The van der Waals surface area contributed by atoms with Crippen LogP contribution in [0.1, 0.15) is 5.56 Å². The lowest BCUT2D eigenvalue weighted by molar-refractivity contribution is 0.959. The minimum absolute atomic E-state index is 0.768. The van der Waals surface area contributed by atoms with Gasteiger partial charge >= 0.3 is 0 Å². The molecule has 0 aliphatic rings. The number of nitrogens with zero attached hydrogens (tertiary/aromatic N) is 3. The van der Waals surface area contributed by atoms with E-state index < -0.39 is 0 Å². The van der Waals surface area contributed by atoms with Crippen LogP contribution in [0.15, 0.2) is 36.5 Å². The maximum absolute atomic E-state index is 5.84. The van der Waals surface area contributed by atoms with Gasteiger partial charge in [-0.2, -0.15) is 0 Å². The Morgan fingerprint density at radius 2 is 2.06 bits per heavy atom. The number of hydrogen-bond donors (Lipinski definition) is 1. The Labute approximate surface area is 105 Å². The summed E-state index contributed by atoms with van der Waals surface area (Å²) >= 11 is 0. The van der Waals surface area contributed by atoms with E-state index in [1.54, 1.807) is 6.20 Å². The van der Waals surface area contributed by atoms with Crippen LogP contribution in [0.2, 0.25) is 0 Å². The van der Waals surface area contributed by atoms with Gasteiger partial charge in [0, 0.05) is 24.5 Å². The van der Waals surface area contributed by atoms with Gasteiger partial charge in [-0.3, -0.25) is 0 Å². The molecule has 0 aliphatic heterocycles. The van der Waals surface area contributed by atoms with E-state index in [1.807, 2.05) is 42.8 Å². The molecule has 0 saturated carbocycles. The highest BCUT2D eigenvalue weighted by atomic mass is 15.1. The first-order valence-electron chi connectivity index (χ1n) is 5.81. The average molecular weight is 238 g/mol. The Balaban J connectivity index is 2.25. The normalized spacial score (nSPS) is 11.0. The summed E-state index contributed by atoms with van der Waals surface area (Å²) in [6.45, 7) is 2.00. The van der Waals surface area contributed by atoms with Gasteiger partial charge in [-0.25, -0.2) is 9.97 Å². The molecule has 90 valence electrons. The van der Waals surface area contributed by atoms with Crippen LogP contribution in [0.5, 0.6) is 0 Å². The number of fused-ring (bicyclic) bond motifs is 1. The molecule has 2 N–H and O–H groups in total. The van der Waals surface area contributed by atoms with Crippen LogP contribution in [0.3, 0.4) is 0 Å². The van der Waals surface area contributed by atoms with Gasteiger partial charge in [0.1, 0.15) is 5.82 Å². The lowest BCUT2D eigenvalue weighted by atomic mass is 10.1. The van der Waals surface area contributed by atoms with Crippen molar-refractivity contribution in [2.45, 2.75) is 6.92 Å². The fraction of sp³-hybridized carbons (Fsp3) is 0.143. The fourth-order valence-corrected chi connectivity index (χ4v) is 2.10. The molecule has 0 aliphatic carbocycles. The molecule has 0 spiro atoms. The van der Waals surface area contributed by atoms with Crippen molar-refractivity contribution in [2.24, 2.45) is 7.05 Å². The van der Waals surface area contributed by atoms with Gasteiger partial charge in [0.25, 0.3) is 0 Å². The van der Waals surface area contributed by atoms with E-state index in [0.29, 0.717) is 0 Å². The third kappa shape index (κ3) is 1.54. The van der Waals surface area contributed by atoms with Crippen molar-refractivity contribution >= 4 is 16.9 Å². The van der Waals surface area contributed by atoms with E-state index in [9.17, 15) is 0 Å². The van der Waals surface area contributed by atoms with Crippen molar-refractivity contribution in [1.29, 1.82) is 0 Å². The van der Waals surface area contributed by atoms with Gasteiger partial charge in [0.15, 0.2) is 5.65 Å². The fourth-order valence-electron chi connectivity index (χ4n) is 2.10. The number of nitrogens with two attached hydrogens (primary N) is 1. The molecule has 0 radical (unpaired) electrons. The highest BCUT2D eigenvalue weighted by Gasteiger charge is 2.10. The molecule has 0 fully saturated rings. The minimum atomic E-state index is 0.768. The number of hydrogen-bond acceptors (Lipinski definition) is 3. The van der Waals surface area contributed by atoms with Crippen molar-refractivity contribution in [1.82, 2.24) is 14.5 Å². The summed E-state index contributed by atoms with van der Waals surface area (Å²) in [5.41, 5.74) is 10.6. The number of pyridine rings is 1. The molecular formula is C14H14N4. The standard InChI is InChI=1S/C14H14N4/c1-9-8-10(5-6-11(9)15)14-17-13-12(18(14)2)4-3-7-16-13/h3-8H,15H2,1-2H3. The zero-order valence-electron chi connectivity index (χ0n) is 10.4. The topological polar surface area (TPSA) is 56.7 Å². The van der Waals surface area contributed by atoms with Crippen LogP contribution in [0.4, 0.5) is 5.69 Å². The van der Waals surface area contributed by atoms with Gasteiger partial charge in [-0.05, 0) is 42.8 Å². The molecule has 2 aromatic heterocycles. The summed E-state index contributed by atoms with van der Waals surface area (Å²) in [6, 6.07) is 9.89. The summed E-state index contributed by atoms with van der Waals surface area (Å²) in [7, 11) is 2.00. The number of nitrogen functional groups attached to an aromatic ring is 1. The van der Waals surface area contributed by atoms with Crippen molar-refractivity contribution in [3.63, 3.8) is 0 Å². The lowest BCUT2D eigenvalue weighted by Gasteiger charge is -2.05. The third-order valence-corrected chi connectivity index (χ3v) is 3.18. The maximum atomic E-state index is 5.84. The van der Waals surface area contributed by atoms with Crippen LogP contribution in [0, 0.1) is 6.92 Å². The molecule has 0 unspecified atom stereocenters. The SMILES string of the molecule is Cc1cc(-c2nc3ncccc3n2C)ccc1N. The second-order valence-corrected chi connectivity index (χ2v) is 4.41. The number of aryl methyl sites for hydroxylation is 2. The van der Waals surface area contributed by atoms with Crippen LogP contribution < -0.4 is 5.73 Å². The highest BCUT2D eigenvalue weighted by Crippen LogP contribution is 2.25. The van der Waals surface area contributed by atoms with E-state index in [-0.39, 0.29) is 0 Å². The predicted octanol–water partition coefficient (Wildman–Crippen LogP) is 2.53. The number of aromatic nitrogens is 3. The number of rotatable bonds is 1. The predicted molar refractivity (Wildman–Crippen MR) is 73.1 cm³/mol. The Hall–Kier alpha value is -2.36. The Kier molecular flexibility index (Phi) is 2.30. The summed E-state index contributed by atoms with van der Waals surface area (Å²) in [5, 5.41) is 0. The smallest absolute Gasteiger partial charge is 0.178 e. The molecule has 3 rings (SSSR count). The zero-order valence-corrected chi connectivity index (χ0v) is 10.4. The van der Waals surface area contributed by atoms with Crippen molar-refractivity contribution in [3.8, 4) is 11.4 Å². The minimum Gasteiger partial charge on any atom is -0.399 e. The van der Waals surface area contributed by atoms with Crippen molar-refractivity contribution in [2.75, 3.05) is 5.73 Å². The third-order valence-electron chi connectivity index (χ3n) is 3.18. The average Bonchev–Trinajstić information content (AvgIpc) is 2.71. The lowest BCUT2D eigenvalue weighted by Crippen LogP contribution is -1.94. The molecule has 3 aromatic rings. The second kappa shape index (κ2) is 3.84. The summed E-state index contributed by atoms with van der Waals surface area (Å²) in [5.74, 6) is 0.909. The van der Waals surface area contributed by atoms with Gasteiger partial charge in [0.05, 0.1) is 5.52 Å². The van der Waals surface area contributed by atoms with Gasteiger partial charge < -0.3 is 10.3 Å². The number of anilines is 1. The van der Waals surface area contributed by atoms with Crippen LogP contribution in [-0.2, 0) is 7.05 Å². The summed E-state index contributed by atoms with van der Waals surface area (Å²) in [4.78, 5) is 8.84. The first-order chi connectivity index (χ1) is 8.66. The summed E-state index contributed by atoms with van der Waals surface area (Å²) < 4.78 is 2.05. The van der Waals surface area contributed by atoms with Crippen LogP contribution in [0.25, 0.3) is 22.6 Å². The van der Waals surface area contributed by atoms with E-state index in [0.717, 1.165) is 33.8 Å². The monoisotopic (exact) mass is 238 g/mol. The molecule has 0 saturated heterocycles. The zero-order chi connectivity index (χ0) is 12.7. The van der Waals surface area contributed by atoms with Crippen molar-refractivity contribution < 1.29 is 0 Å². The van der Waals surface area contributed by atoms with Crippen molar-refractivity contribution in [3.05, 3.63) is 42.1 Å². The molecule has 4 heteroatoms. The van der Waals surface area contributed by atoms with E-state index in [1.165, 1.54) is 0 Å². The molecule has 4 nitrogen and oxygen atoms in total. The van der Waals surface area contributed by atoms with Gasteiger partial charge in [-0.1, -0.05) is 0 Å². The Morgan fingerprint density at radius 1 is 1.22 bits per heavy atom. The maximum Gasteiger partial charge on any atom is 0.178 e. The first-order valence-corrected chi connectivity index (χ1v) is 5.81. The largest absolute Gasteiger partial charge is 0.399 e. The van der Waals surface area contributed by atoms with Crippen LogP contribution in [-0.4, -0.2) is 14.5 Å². The molecule has 0 bridgehead atoms. The summed E-state index contributed by atoms with van der Waals surface area (Å²) in [6.07, 6.45) is 1.76. The Morgan fingerprint density at radius 3 is 2.78 bits per heavy atom. The molecular weight excluding hydrogens is 224 g/mol. The quantitative estimate of drug-likeness (QED) is 0.663.